The van der Waals surface area contributed by atoms with Crippen LogP contribution in [0.15, 0.2) is 54.9 Å². The van der Waals surface area contributed by atoms with Gasteiger partial charge in [0, 0.05) is 18.4 Å². The molecule has 0 aliphatic carbocycles. The fourth-order valence-corrected chi connectivity index (χ4v) is 2.15. The number of carbonyl (C=O) groups excluding carboxylic acids is 1. The van der Waals surface area contributed by atoms with Crippen molar-refractivity contribution in [1.82, 2.24) is 20.4 Å². The molecule has 2 amide bonds. The summed E-state index contributed by atoms with van der Waals surface area (Å²) in [6.45, 7) is 4.00. The Morgan fingerprint density at radius 1 is 1.04 bits per heavy atom. The minimum absolute atomic E-state index is 0.307. The Morgan fingerprint density at radius 2 is 1.74 bits per heavy atom. The molecule has 0 atom stereocenters. The van der Waals surface area contributed by atoms with Crippen LogP contribution in [0.5, 0.6) is 0 Å². The number of amides is 2. The quantitative estimate of drug-likeness (QED) is 0.650. The van der Waals surface area contributed by atoms with Gasteiger partial charge in [-0.1, -0.05) is 26.0 Å². The molecule has 0 unspecified atom stereocenters. The lowest BCUT2D eigenvalue weighted by molar-refractivity contribution is 0.249. The van der Waals surface area contributed by atoms with E-state index in [2.05, 4.69) is 21.2 Å². The van der Waals surface area contributed by atoms with Crippen molar-refractivity contribution in [2.75, 3.05) is 12.4 Å². The lowest BCUT2D eigenvalue weighted by atomic mass is 10.2. The lowest BCUT2D eigenvalue weighted by Crippen LogP contribution is -2.37. The Hall–Kier alpha value is -2.86. The highest BCUT2D eigenvalue weighted by atomic mass is 16.2. The van der Waals surface area contributed by atoms with Gasteiger partial charge in [0.2, 0.25) is 0 Å². The zero-order valence-electron chi connectivity index (χ0n) is 13.5. The Morgan fingerprint density at radius 3 is 2.43 bits per heavy atom. The van der Waals surface area contributed by atoms with E-state index in [1.807, 2.05) is 66.9 Å². The van der Waals surface area contributed by atoms with E-state index >= 15 is 0 Å². The van der Waals surface area contributed by atoms with Crippen molar-refractivity contribution < 1.29 is 4.79 Å². The van der Waals surface area contributed by atoms with Gasteiger partial charge < -0.3 is 5.32 Å². The molecule has 6 heteroatoms. The molecule has 0 spiro atoms. The number of hydrogen-bond acceptors (Lipinski definition) is 3. The molecule has 0 radical (unpaired) electrons. The van der Waals surface area contributed by atoms with Gasteiger partial charge in [0.15, 0.2) is 0 Å². The van der Waals surface area contributed by atoms with Crippen molar-refractivity contribution >= 4 is 22.8 Å². The number of urea groups is 1. The van der Waals surface area contributed by atoms with Gasteiger partial charge in [-0.25, -0.2) is 15.2 Å². The van der Waals surface area contributed by atoms with E-state index < -0.39 is 0 Å². The van der Waals surface area contributed by atoms with E-state index in [-0.39, 0.29) is 6.03 Å². The molecule has 3 rings (SSSR count). The van der Waals surface area contributed by atoms with Crippen LogP contribution in [0.2, 0.25) is 0 Å². The molecule has 1 heterocycles. The van der Waals surface area contributed by atoms with Crippen LogP contribution in [0, 0.1) is 0 Å². The van der Waals surface area contributed by atoms with E-state index in [4.69, 9.17) is 0 Å². The summed E-state index contributed by atoms with van der Waals surface area (Å²) in [5.74, 6) is 0. The SMILES string of the molecule is CC.CNNC(=O)Nc1ccc(-n2cnc3ccccc32)cc1. The number of nitrogens with zero attached hydrogens (tertiary/aromatic N) is 2. The van der Waals surface area contributed by atoms with Gasteiger partial charge >= 0.3 is 6.03 Å². The Bertz CT molecular complexity index is 764. The zero-order chi connectivity index (χ0) is 16.7. The lowest BCUT2D eigenvalue weighted by Gasteiger charge is -2.08. The number of aromatic nitrogens is 2. The minimum Gasteiger partial charge on any atom is -0.307 e. The molecule has 0 aliphatic heterocycles. The number of nitrogens with one attached hydrogen (secondary N) is 3. The van der Waals surface area contributed by atoms with E-state index in [0.717, 1.165) is 22.4 Å². The van der Waals surface area contributed by atoms with Gasteiger partial charge in [-0.3, -0.25) is 9.99 Å². The van der Waals surface area contributed by atoms with Gasteiger partial charge in [0.05, 0.1) is 11.0 Å². The van der Waals surface area contributed by atoms with Gasteiger partial charge in [-0.05, 0) is 36.4 Å². The molecule has 0 fully saturated rings. The van der Waals surface area contributed by atoms with Crippen LogP contribution in [0.3, 0.4) is 0 Å². The van der Waals surface area contributed by atoms with Crippen molar-refractivity contribution in [3.8, 4) is 5.69 Å². The number of fused-ring (bicyclic) bond motifs is 1. The summed E-state index contributed by atoms with van der Waals surface area (Å²) in [4.78, 5) is 15.8. The first-order valence-corrected chi connectivity index (χ1v) is 7.54. The molecule has 0 saturated carbocycles. The maximum Gasteiger partial charge on any atom is 0.333 e. The molecule has 0 saturated heterocycles. The normalized spacial score (nSPS) is 9.87. The average Bonchev–Trinajstić information content (AvgIpc) is 3.02. The Balaban J connectivity index is 0.000000924. The summed E-state index contributed by atoms with van der Waals surface area (Å²) in [6, 6.07) is 15.2. The third-order valence-corrected chi connectivity index (χ3v) is 3.10. The molecule has 0 bridgehead atoms. The highest BCUT2D eigenvalue weighted by molar-refractivity contribution is 5.89. The number of para-hydroxylation sites is 2. The standard InChI is InChI=1S/C15H15N5O.C2H6/c1-16-19-15(21)18-11-6-8-12(9-7-11)20-10-17-13-4-2-3-5-14(13)20;1-2/h2-10,16H,1H3,(H2,18,19,21);1-2H3. The number of rotatable bonds is 3. The van der Waals surface area contributed by atoms with Gasteiger partial charge in [-0.15, -0.1) is 0 Å². The van der Waals surface area contributed by atoms with Crippen LogP contribution in [0.25, 0.3) is 16.7 Å². The summed E-state index contributed by atoms with van der Waals surface area (Å²) in [5, 5.41) is 2.72. The smallest absolute Gasteiger partial charge is 0.307 e. The maximum atomic E-state index is 11.4. The highest BCUT2D eigenvalue weighted by Crippen LogP contribution is 2.19. The van der Waals surface area contributed by atoms with Crippen LogP contribution in [-0.2, 0) is 0 Å². The first-order chi connectivity index (χ1) is 11.3. The first kappa shape index (κ1) is 16.5. The second-order valence-electron chi connectivity index (χ2n) is 4.48. The monoisotopic (exact) mass is 311 g/mol. The summed E-state index contributed by atoms with van der Waals surface area (Å²) in [7, 11) is 1.63. The second kappa shape index (κ2) is 7.95. The molecular formula is C17H21N5O. The second-order valence-corrected chi connectivity index (χ2v) is 4.48. The number of anilines is 1. The number of hydrogen-bond donors (Lipinski definition) is 3. The summed E-state index contributed by atoms with van der Waals surface area (Å²) in [5.41, 5.74) is 8.72. The molecule has 120 valence electrons. The number of carbonyl (C=O) groups is 1. The van der Waals surface area contributed by atoms with Crippen molar-refractivity contribution in [2.45, 2.75) is 13.8 Å². The number of hydrazine groups is 1. The summed E-state index contributed by atoms with van der Waals surface area (Å²) >= 11 is 0. The fourth-order valence-electron chi connectivity index (χ4n) is 2.15. The third-order valence-electron chi connectivity index (χ3n) is 3.10. The van der Waals surface area contributed by atoms with Crippen molar-refractivity contribution in [1.29, 1.82) is 0 Å². The van der Waals surface area contributed by atoms with E-state index in [0.29, 0.717) is 0 Å². The van der Waals surface area contributed by atoms with Crippen LogP contribution in [-0.4, -0.2) is 22.6 Å². The Labute approximate surface area is 135 Å². The molecule has 23 heavy (non-hydrogen) atoms. The largest absolute Gasteiger partial charge is 0.333 e. The molecule has 2 aromatic carbocycles. The summed E-state index contributed by atoms with van der Waals surface area (Å²) in [6.07, 6.45) is 1.79. The van der Waals surface area contributed by atoms with Crippen LogP contribution in [0.1, 0.15) is 13.8 Å². The van der Waals surface area contributed by atoms with E-state index in [9.17, 15) is 4.79 Å². The van der Waals surface area contributed by atoms with Gasteiger partial charge in [-0.2, -0.15) is 0 Å². The molecule has 1 aromatic heterocycles. The van der Waals surface area contributed by atoms with Crippen molar-refractivity contribution in [3.05, 3.63) is 54.9 Å². The van der Waals surface area contributed by atoms with Gasteiger partial charge in [0.25, 0.3) is 0 Å². The van der Waals surface area contributed by atoms with Crippen molar-refractivity contribution in [3.63, 3.8) is 0 Å². The van der Waals surface area contributed by atoms with Crippen LogP contribution in [0.4, 0.5) is 10.5 Å². The fraction of sp³-hybridized carbons (Fsp3) is 0.176. The predicted octanol–water partition coefficient (Wildman–Crippen LogP) is 3.31. The molecule has 3 aromatic rings. The summed E-state index contributed by atoms with van der Waals surface area (Å²) < 4.78 is 2.01. The maximum absolute atomic E-state index is 11.4. The Kier molecular flexibility index (Phi) is 5.71. The first-order valence-electron chi connectivity index (χ1n) is 7.54. The van der Waals surface area contributed by atoms with Crippen LogP contribution < -0.4 is 16.2 Å². The molecule has 3 N–H and O–H groups in total. The predicted molar refractivity (Wildman–Crippen MR) is 93.6 cm³/mol. The van der Waals surface area contributed by atoms with Gasteiger partial charge in [0.1, 0.15) is 6.33 Å². The number of imidazole rings is 1. The zero-order valence-corrected chi connectivity index (χ0v) is 13.5. The van der Waals surface area contributed by atoms with Crippen molar-refractivity contribution in [2.24, 2.45) is 0 Å². The average molecular weight is 311 g/mol. The minimum atomic E-state index is -0.307. The van der Waals surface area contributed by atoms with E-state index in [1.54, 1.807) is 13.4 Å². The topological polar surface area (TPSA) is 71.0 Å². The third kappa shape index (κ3) is 3.87. The molecular weight excluding hydrogens is 290 g/mol. The highest BCUT2D eigenvalue weighted by Gasteiger charge is 2.04. The molecule has 0 aliphatic rings. The molecule has 6 nitrogen and oxygen atoms in total. The van der Waals surface area contributed by atoms with Crippen LogP contribution >= 0.6 is 0 Å². The van der Waals surface area contributed by atoms with E-state index in [1.165, 1.54) is 0 Å². The number of benzene rings is 2.